The number of benzene rings is 1. The highest BCUT2D eigenvalue weighted by Crippen LogP contribution is 2.32. The van der Waals surface area contributed by atoms with Crippen LogP contribution < -0.4 is 9.47 Å². The highest BCUT2D eigenvalue weighted by Gasteiger charge is 2.30. The van der Waals surface area contributed by atoms with Gasteiger partial charge in [-0.15, -0.1) is 0 Å². The van der Waals surface area contributed by atoms with Crippen LogP contribution in [0.2, 0.25) is 0 Å². The van der Waals surface area contributed by atoms with Crippen LogP contribution in [0.4, 0.5) is 0 Å². The molecule has 0 fully saturated rings. The van der Waals surface area contributed by atoms with E-state index in [1.165, 1.54) is 0 Å². The molecule has 0 radical (unpaired) electrons. The van der Waals surface area contributed by atoms with Gasteiger partial charge in [0.15, 0.2) is 0 Å². The van der Waals surface area contributed by atoms with Gasteiger partial charge in [0, 0.05) is 18.7 Å². The third-order valence-electron chi connectivity index (χ3n) is 3.81. The van der Waals surface area contributed by atoms with E-state index in [1.807, 2.05) is 19.9 Å². The Morgan fingerprint density at radius 2 is 2.00 bits per heavy atom. The van der Waals surface area contributed by atoms with Gasteiger partial charge in [-0.05, 0) is 45.2 Å². The van der Waals surface area contributed by atoms with Crippen LogP contribution in [0.15, 0.2) is 35.2 Å². The molecule has 0 N–H and O–H groups in total. The molecule has 6 heteroatoms. The topological polar surface area (TPSA) is 55.8 Å². The van der Waals surface area contributed by atoms with Crippen molar-refractivity contribution in [3.8, 4) is 11.5 Å². The van der Waals surface area contributed by atoms with Crippen molar-refractivity contribution in [2.75, 3.05) is 20.3 Å². The third-order valence-corrected chi connectivity index (χ3v) is 5.93. The minimum Gasteiger partial charge on any atom is -0.497 e. The maximum atomic E-state index is 13.1. The van der Waals surface area contributed by atoms with Gasteiger partial charge in [-0.3, -0.25) is 0 Å². The fraction of sp³-hybridized carbons (Fsp3) is 0.529. The summed E-state index contributed by atoms with van der Waals surface area (Å²) in [7, 11) is -2.06. The minimum atomic E-state index is -3.61. The molecule has 0 spiro atoms. The van der Waals surface area contributed by atoms with Crippen LogP contribution in [0.25, 0.3) is 0 Å². The SMILES string of the molecule is COc1ccc2c(c1)OCC=CCCCCN(C(C)C)S2(=O)=O. The first-order valence-electron chi connectivity index (χ1n) is 7.94. The molecule has 1 aromatic carbocycles. The predicted molar refractivity (Wildman–Crippen MR) is 90.5 cm³/mol. The number of allylic oxidation sites excluding steroid dienone is 1. The van der Waals surface area contributed by atoms with Crippen molar-refractivity contribution in [3.05, 3.63) is 30.4 Å². The lowest BCUT2D eigenvalue weighted by atomic mass is 10.2. The van der Waals surface area contributed by atoms with Crippen molar-refractivity contribution >= 4 is 10.0 Å². The van der Waals surface area contributed by atoms with Gasteiger partial charge in [0.05, 0.1) is 7.11 Å². The third kappa shape index (κ3) is 4.26. The molecule has 1 aliphatic heterocycles. The standard InChI is InChI=1S/C17H25NO4S/c1-14(2)18-11-7-5-4-6-8-12-22-16-13-15(21-3)9-10-17(16)23(18,19)20/h6,8-10,13-14H,4-5,7,11-12H2,1-3H3. The molecular weight excluding hydrogens is 314 g/mol. The zero-order valence-electron chi connectivity index (χ0n) is 14.0. The van der Waals surface area contributed by atoms with E-state index in [1.54, 1.807) is 29.6 Å². The molecule has 0 bridgehead atoms. The van der Waals surface area contributed by atoms with E-state index in [0.29, 0.717) is 24.7 Å². The molecule has 0 atom stereocenters. The summed E-state index contributed by atoms with van der Waals surface area (Å²) in [6.45, 7) is 4.65. The number of fused-ring (bicyclic) bond motifs is 1. The Bertz CT molecular complexity index is 653. The number of nitrogens with zero attached hydrogens (tertiary/aromatic N) is 1. The van der Waals surface area contributed by atoms with Crippen molar-refractivity contribution < 1.29 is 17.9 Å². The predicted octanol–water partition coefficient (Wildman–Crippen LogP) is 3.21. The molecule has 1 heterocycles. The summed E-state index contributed by atoms with van der Waals surface area (Å²) < 4.78 is 38.6. The number of methoxy groups -OCH3 is 1. The molecule has 0 aromatic heterocycles. The Balaban J connectivity index is 2.50. The number of rotatable bonds is 2. The molecule has 0 saturated heterocycles. The van der Waals surface area contributed by atoms with Gasteiger partial charge in [-0.1, -0.05) is 12.2 Å². The zero-order chi connectivity index (χ0) is 16.9. The van der Waals surface area contributed by atoms with Crippen LogP contribution in [-0.2, 0) is 10.0 Å². The highest BCUT2D eigenvalue weighted by molar-refractivity contribution is 7.89. The Kier molecular flexibility index (Phi) is 6.07. The lowest BCUT2D eigenvalue weighted by molar-refractivity contribution is 0.329. The summed E-state index contributed by atoms with van der Waals surface area (Å²) in [5.74, 6) is 0.909. The van der Waals surface area contributed by atoms with Gasteiger partial charge < -0.3 is 9.47 Å². The monoisotopic (exact) mass is 339 g/mol. The van der Waals surface area contributed by atoms with Gasteiger partial charge in [0.2, 0.25) is 10.0 Å². The number of ether oxygens (including phenoxy) is 2. The summed E-state index contributed by atoms with van der Waals surface area (Å²) in [4.78, 5) is 0.195. The van der Waals surface area contributed by atoms with Crippen molar-refractivity contribution in [3.63, 3.8) is 0 Å². The molecule has 0 unspecified atom stereocenters. The van der Waals surface area contributed by atoms with Gasteiger partial charge in [0.1, 0.15) is 23.0 Å². The lowest BCUT2D eigenvalue weighted by Gasteiger charge is -2.27. The highest BCUT2D eigenvalue weighted by atomic mass is 32.2. The normalized spacial score (nSPS) is 19.3. The van der Waals surface area contributed by atoms with E-state index >= 15 is 0 Å². The molecule has 23 heavy (non-hydrogen) atoms. The van der Waals surface area contributed by atoms with Crippen LogP contribution in [0.3, 0.4) is 0 Å². The molecule has 1 aromatic rings. The molecule has 128 valence electrons. The van der Waals surface area contributed by atoms with Gasteiger partial charge in [0.25, 0.3) is 0 Å². The lowest BCUT2D eigenvalue weighted by Crippen LogP contribution is -2.38. The first kappa shape index (κ1) is 17.8. The maximum absolute atomic E-state index is 13.1. The number of hydrogen-bond donors (Lipinski definition) is 0. The van der Waals surface area contributed by atoms with Crippen molar-refractivity contribution in [1.82, 2.24) is 4.31 Å². The maximum Gasteiger partial charge on any atom is 0.246 e. The van der Waals surface area contributed by atoms with Gasteiger partial charge >= 0.3 is 0 Å². The van der Waals surface area contributed by atoms with E-state index in [-0.39, 0.29) is 10.9 Å². The molecule has 1 aliphatic rings. The number of sulfonamides is 1. The smallest absolute Gasteiger partial charge is 0.246 e. The largest absolute Gasteiger partial charge is 0.497 e. The summed E-state index contributed by atoms with van der Waals surface area (Å²) in [6, 6.07) is 4.74. The molecular formula is C17H25NO4S. The minimum absolute atomic E-state index is 0.103. The molecule has 0 aliphatic carbocycles. The van der Waals surface area contributed by atoms with Crippen molar-refractivity contribution in [2.24, 2.45) is 0 Å². The van der Waals surface area contributed by atoms with Crippen LogP contribution >= 0.6 is 0 Å². The Hall–Kier alpha value is -1.53. The second-order valence-electron chi connectivity index (χ2n) is 5.80. The van der Waals surface area contributed by atoms with E-state index in [0.717, 1.165) is 19.3 Å². The summed E-state index contributed by atoms with van der Waals surface area (Å²) >= 11 is 0. The van der Waals surface area contributed by atoms with Crippen LogP contribution in [0.5, 0.6) is 11.5 Å². The van der Waals surface area contributed by atoms with Crippen LogP contribution in [0.1, 0.15) is 33.1 Å². The Morgan fingerprint density at radius 1 is 1.22 bits per heavy atom. The first-order valence-corrected chi connectivity index (χ1v) is 9.38. The zero-order valence-corrected chi connectivity index (χ0v) is 14.8. The quantitative estimate of drug-likeness (QED) is 0.776. The van der Waals surface area contributed by atoms with Gasteiger partial charge in [-0.2, -0.15) is 4.31 Å². The summed E-state index contributed by atoms with van der Waals surface area (Å²) in [5, 5.41) is 0. The van der Waals surface area contributed by atoms with E-state index in [9.17, 15) is 8.42 Å². The molecule has 0 amide bonds. The summed E-state index contributed by atoms with van der Waals surface area (Å²) in [5.41, 5.74) is 0. The van der Waals surface area contributed by atoms with Crippen LogP contribution in [0, 0.1) is 0 Å². The molecule has 0 saturated carbocycles. The fourth-order valence-electron chi connectivity index (χ4n) is 2.58. The van der Waals surface area contributed by atoms with Gasteiger partial charge in [-0.25, -0.2) is 8.42 Å². The Labute approximate surface area is 138 Å². The average molecular weight is 339 g/mol. The second kappa shape index (κ2) is 7.84. The summed E-state index contributed by atoms with van der Waals surface area (Å²) in [6.07, 6.45) is 6.74. The Morgan fingerprint density at radius 3 is 2.70 bits per heavy atom. The fourth-order valence-corrected chi connectivity index (χ4v) is 4.37. The van der Waals surface area contributed by atoms with E-state index < -0.39 is 10.0 Å². The molecule has 5 nitrogen and oxygen atoms in total. The van der Waals surface area contributed by atoms with Crippen molar-refractivity contribution in [1.29, 1.82) is 0 Å². The first-order chi connectivity index (χ1) is 11.0. The number of hydrogen-bond acceptors (Lipinski definition) is 4. The van der Waals surface area contributed by atoms with Crippen LogP contribution in [-0.4, -0.2) is 39.0 Å². The van der Waals surface area contributed by atoms with E-state index in [2.05, 4.69) is 6.08 Å². The van der Waals surface area contributed by atoms with Crippen molar-refractivity contribution in [2.45, 2.75) is 44.0 Å². The molecule has 2 rings (SSSR count). The van der Waals surface area contributed by atoms with E-state index in [4.69, 9.17) is 9.47 Å². The second-order valence-corrected chi connectivity index (χ2v) is 7.66. The average Bonchev–Trinajstić information content (AvgIpc) is 2.51.